The van der Waals surface area contributed by atoms with E-state index in [2.05, 4.69) is 50.8 Å². The molecule has 0 nitrogen and oxygen atoms in total. The molecular weight excluding hydrogens is 192 g/mol. The Morgan fingerprint density at radius 1 is 1.12 bits per heavy atom. The van der Waals surface area contributed by atoms with Crippen LogP contribution in [0.2, 0.25) is 0 Å². The van der Waals surface area contributed by atoms with Gasteiger partial charge in [0.05, 0.1) is 0 Å². The van der Waals surface area contributed by atoms with Crippen molar-refractivity contribution < 1.29 is 0 Å². The summed E-state index contributed by atoms with van der Waals surface area (Å²) in [6.45, 7) is 8.41. The third-order valence-corrected chi connectivity index (χ3v) is 3.29. The summed E-state index contributed by atoms with van der Waals surface area (Å²) in [5, 5.41) is 0. The highest BCUT2D eigenvalue weighted by molar-refractivity contribution is 5.14. The van der Waals surface area contributed by atoms with E-state index in [1.54, 1.807) is 0 Å². The molecular formula is C16H24. The van der Waals surface area contributed by atoms with Gasteiger partial charge in [-0.2, -0.15) is 0 Å². The number of benzene rings is 1. The second-order valence-electron chi connectivity index (χ2n) is 4.83. The number of hydrogen-bond donors (Lipinski definition) is 0. The molecule has 0 aliphatic rings. The van der Waals surface area contributed by atoms with Crippen LogP contribution >= 0.6 is 0 Å². The van der Waals surface area contributed by atoms with E-state index in [4.69, 9.17) is 0 Å². The van der Waals surface area contributed by atoms with Crippen LogP contribution in [0.15, 0.2) is 42.5 Å². The summed E-state index contributed by atoms with van der Waals surface area (Å²) < 4.78 is 0. The summed E-state index contributed by atoms with van der Waals surface area (Å²) in [5.74, 6) is 0.691. The number of hydrogen-bond acceptors (Lipinski definition) is 0. The van der Waals surface area contributed by atoms with Gasteiger partial charge in [-0.1, -0.05) is 62.2 Å². The molecule has 0 aromatic heterocycles. The van der Waals surface area contributed by atoms with Crippen LogP contribution in [0.25, 0.3) is 0 Å². The van der Waals surface area contributed by atoms with Crippen molar-refractivity contribution in [2.75, 3.05) is 0 Å². The summed E-state index contributed by atoms with van der Waals surface area (Å²) in [6, 6.07) is 10.8. The van der Waals surface area contributed by atoms with E-state index in [0.29, 0.717) is 5.92 Å². The fourth-order valence-electron chi connectivity index (χ4n) is 1.85. The predicted molar refractivity (Wildman–Crippen MR) is 72.6 cm³/mol. The smallest absolute Gasteiger partial charge is 0.0237 e. The van der Waals surface area contributed by atoms with Gasteiger partial charge in [0.2, 0.25) is 0 Å². The van der Waals surface area contributed by atoms with Crippen LogP contribution in [-0.4, -0.2) is 0 Å². The van der Waals surface area contributed by atoms with E-state index >= 15 is 0 Å². The maximum atomic E-state index is 4.00. The Bertz CT molecular complexity index is 297. The van der Waals surface area contributed by atoms with E-state index in [1.807, 2.05) is 0 Å². The molecule has 0 aliphatic carbocycles. The lowest BCUT2D eigenvalue weighted by Crippen LogP contribution is -1.95. The highest BCUT2D eigenvalue weighted by Gasteiger charge is 2.01. The highest BCUT2D eigenvalue weighted by atomic mass is 14.1. The fourth-order valence-corrected chi connectivity index (χ4v) is 1.85. The molecule has 0 aliphatic heterocycles. The first-order valence-corrected chi connectivity index (χ1v) is 6.39. The Morgan fingerprint density at radius 2 is 1.81 bits per heavy atom. The number of allylic oxidation sites excluding steroid dienone is 1. The maximum absolute atomic E-state index is 4.00. The average Bonchev–Trinajstić information content (AvgIpc) is 2.29. The maximum Gasteiger partial charge on any atom is -0.0237 e. The van der Waals surface area contributed by atoms with Crippen molar-refractivity contribution in [2.24, 2.45) is 5.92 Å². The molecule has 1 rings (SSSR count). The first kappa shape index (κ1) is 13.0. The van der Waals surface area contributed by atoms with Crippen molar-refractivity contribution >= 4 is 0 Å². The molecule has 0 bridgehead atoms. The SMILES string of the molecule is C=C(C)C(C)CCCCCc1ccccc1. The molecule has 0 radical (unpaired) electrons. The molecule has 16 heavy (non-hydrogen) atoms. The molecule has 0 spiro atoms. The molecule has 1 unspecified atom stereocenters. The van der Waals surface area contributed by atoms with Gasteiger partial charge in [0.15, 0.2) is 0 Å². The minimum absolute atomic E-state index is 0.691. The Hall–Kier alpha value is -1.04. The molecule has 1 atom stereocenters. The largest absolute Gasteiger partial charge is 0.0999 e. The van der Waals surface area contributed by atoms with Gasteiger partial charge in [-0.05, 0) is 37.7 Å². The van der Waals surface area contributed by atoms with Crippen molar-refractivity contribution in [1.82, 2.24) is 0 Å². The van der Waals surface area contributed by atoms with E-state index in [9.17, 15) is 0 Å². The lowest BCUT2D eigenvalue weighted by molar-refractivity contribution is 0.546. The Morgan fingerprint density at radius 3 is 2.44 bits per heavy atom. The Balaban J connectivity index is 2.07. The molecule has 0 heterocycles. The van der Waals surface area contributed by atoms with Gasteiger partial charge in [0.25, 0.3) is 0 Å². The first-order valence-electron chi connectivity index (χ1n) is 6.39. The molecule has 0 saturated heterocycles. The lowest BCUT2D eigenvalue weighted by atomic mass is 9.96. The molecule has 0 amide bonds. The second-order valence-corrected chi connectivity index (χ2v) is 4.83. The van der Waals surface area contributed by atoms with Crippen LogP contribution < -0.4 is 0 Å². The lowest BCUT2D eigenvalue weighted by Gasteiger charge is -2.10. The number of rotatable bonds is 7. The van der Waals surface area contributed by atoms with Gasteiger partial charge in [-0.3, -0.25) is 0 Å². The van der Waals surface area contributed by atoms with Crippen LogP contribution in [0.4, 0.5) is 0 Å². The molecule has 0 saturated carbocycles. The van der Waals surface area contributed by atoms with Gasteiger partial charge in [0.1, 0.15) is 0 Å². The van der Waals surface area contributed by atoms with Gasteiger partial charge in [-0.15, -0.1) is 0 Å². The highest BCUT2D eigenvalue weighted by Crippen LogP contribution is 2.16. The molecule has 1 aromatic carbocycles. The van der Waals surface area contributed by atoms with Crippen molar-refractivity contribution in [2.45, 2.75) is 46.0 Å². The standard InChI is InChI=1S/C16H24/c1-14(2)15(3)10-6-4-7-11-16-12-8-5-9-13-16/h5,8-9,12-13,15H,1,4,6-7,10-11H2,2-3H3. The zero-order chi connectivity index (χ0) is 11.8. The van der Waals surface area contributed by atoms with Crippen molar-refractivity contribution in [3.8, 4) is 0 Å². The summed E-state index contributed by atoms with van der Waals surface area (Å²) in [7, 11) is 0. The molecule has 88 valence electrons. The second kappa shape index (κ2) is 7.27. The van der Waals surface area contributed by atoms with Crippen molar-refractivity contribution in [1.29, 1.82) is 0 Å². The topological polar surface area (TPSA) is 0 Å². The van der Waals surface area contributed by atoms with E-state index in [1.165, 1.54) is 43.2 Å². The fraction of sp³-hybridized carbons (Fsp3) is 0.500. The van der Waals surface area contributed by atoms with Gasteiger partial charge >= 0.3 is 0 Å². The molecule has 0 fully saturated rings. The van der Waals surface area contributed by atoms with E-state index in [0.717, 1.165) is 0 Å². The minimum Gasteiger partial charge on any atom is -0.0999 e. The monoisotopic (exact) mass is 216 g/mol. The number of aryl methyl sites for hydroxylation is 1. The van der Waals surface area contributed by atoms with E-state index < -0.39 is 0 Å². The minimum atomic E-state index is 0.691. The predicted octanol–water partition coefficient (Wildman–Crippen LogP) is 5.00. The van der Waals surface area contributed by atoms with Gasteiger partial charge in [0, 0.05) is 0 Å². The first-order chi connectivity index (χ1) is 7.70. The van der Waals surface area contributed by atoms with Crippen LogP contribution in [-0.2, 0) is 6.42 Å². The molecule has 1 aromatic rings. The van der Waals surface area contributed by atoms with Crippen LogP contribution in [0.5, 0.6) is 0 Å². The summed E-state index contributed by atoms with van der Waals surface area (Å²) in [5.41, 5.74) is 2.79. The van der Waals surface area contributed by atoms with Crippen LogP contribution in [0.3, 0.4) is 0 Å². The molecule has 0 heteroatoms. The third-order valence-electron chi connectivity index (χ3n) is 3.29. The number of unbranched alkanes of at least 4 members (excludes halogenated alkanes) is 2. The summed E-state index contributed by atoms with van der Waals surface area (Å²) in [6.07, 6.45) is 6.51. The Labute approximate surface area is 100 Å². The van der Waals surface area contributed by atoms with E-state index in [-0.39, 0.29) is 0 Å². The quantitative estimate of drug-likeness (QED) is 0.444. The van der Waals surface area contributed by atoms with Gasteiger partial charge in [-0.25, -0.2) is 0 Å². The average molecular weight is 216 g/mol. The third kappa shape index (κ3) is 5.16. The van der Waals surface area contributed by atoms with Crippen LogP contribution in [0, 0.1) is 5.92 Å². The van der Waals surface area contributed by atoms with Crippen molar-refractivity contribution in [3.05, 3.63) is 48.0 Å². The molecule has 0 N–H and O–H groups in total. The van der Waals surface area contributed by atoms with Gasteiger partial charge < -0.3 is 0 Å². The normalized spacial score (nSPS) is 12.4. The van der Waals surface area contributed by atoms with Crippen LogP contribution in [0.1, 0.15) is 45.1 Å². The van der Waals surface area contributed by atoms with Crippen molar-refractivity contribution in [3.63, 3.8) is 0 Å². The Kier molecular flexibility index (Phi) is 5.92. The zero-order valence-corrected chi connectivity index (χ0v) is 10.7. The zero-order valence-electron chi connectivity index (χ0n) is 10.7. The summed E-state index contributed by atoms with van der Waals surface area (Å²) in [4.78, 5) is 0. The summed E-state index contributed by atoms with van der Waals surface area (Å²) >= 11 is 0.